The highest BCUT2D eigenvalue weighted by Gasteiger charge is 2.32. The normalized spacial score (nSPS) is 15.7. The molecule has 1 aliphatic rings. The molecule has 20 heavy (non-hydrogen) atoms. The van der Waals surface area contributed by atoms with Gasteiger partial charge < -0.3 is 10.2 Å². The molecular weight excluding hydrogens is 265 g/mol. The first-order valence-electron chi connectivity index (χ1n) is 7.01. The fourth-order valence-corrected chi connectivity index (χ4v) is 2.12. The zero-order valence-electron chi connectivity index (χ0n) is 11.9. The smallest absolute Gasteiger partial charge is 0.360 e. The summed E-state index contributed by atoms with van der Waals surface area (Å²) >= 11 is 0. The largest absolute Gasteiger partial charge is 0.405 e. The second-order valence-electron chi connectivity index (χ2n) is 5.66. The summed E-state index contributed by atoms with van der Waals surface area (Å²) in [5.74, 6) is 0. The van der Waals surface area contributed by atoms with Crippen LogP contribution in [0.2, 0.25) is 0 Å². The van der Waals surface area contributed by atoms with E-state index in [0.29, 0.717) is 11.7 Å². The molecule has 1 saturated carbocycles. The maximum Gasteiger partial charge on any atom is 0.405 e. The van der Waals surface area contributed by atoms with Gasteiger partial charge in [-0.3, -0.25) is 0 Å². The summed E-state index contributed by atoms with van der Waals surface area (Å²) in [5, 5.41) is 3.39. The molecule has 0 radical (unpaired) electrons. The summed E-state index contributed by atoms with van der Waals surface area (Å²) in [6.45, 7) is 3.42. The zero-order valence-corrected chi connectivity index (χ0v) is 11.9. The average molecular weight is 286 g/mol. The van der Waals surface area contributed by atoms with Crippen LogP contribution in [0.1, 0.15) is 32.3 Å². The van der Waals surface area contributed by atoms with Gasteiger partial charge in [0.1, 0.15) is 6.54 Å². The van der Waals surface area contributed by atoms with Crippen LogP contribution in [0.4, 0.5) is 18.9 Å². The molecule has 1 N–H and O–H groups in total. The molecule has 0 bridgehead atoms. The molecule has 2 rings (SSSR count). The number of hydrogen-bond acceptors (Lipinski definition) is 2. The summed E-state index contributed by atoms with van der Waals surface area (Å²) in [6.07, 6.45) is -1.73. The highest BCUT2D eigenvalue weighted by atomic mass is 19.4. The van der Waals surface area contributed by atoms with Crippen molar-refractivity contribution in [2.75, 3.05) is 11.4 Å². The molecule has 1 aliphatic carbocycles. The summed E-state index contributed by atoms with van der Waals surface area (Å²) < 4.78 is 37.8. The molecule has 0 saturated heterocycles. The number of alkyl halides is 3. The van der Waals surface area contributed by atoms with Gasteiger partial charge >= 0.3 is 6.18 Å². The standard InChI is InChI=1S/C15H21F3N2/c1-11(2)20(10-15(16,17)18)14-7-3-12(4-8-14)9-19-13-5-6-13/h3-4,7-8,11,13,19H,5-6,9-10H2,1-2H3. The Balaban J connectivity index is 2.00. The Hall–Kier alpha value is -1.23. The predicted octanol–water partition coefficient (Wildman–Crippen LogP) is 3.72. The van der Waals surface area contributed by atoms with E-state index in [1.807, 2.05) is 12.1 Å². The Bertz CT molecular complexity index is 422. The van der Waals surface area contributed by atoms with Crippen LogP contribution in [0.15, 0.2) is 24.3 Å². The first-order chi connectivity index (χ1) is 9.35. The Morgan fingerprint density at radius 1 is 1.20 bits per heavy atom. The van der Waals surface area contributed by atoms with E-state index in [4.69, 9.17) is 0 Å². The number of rotatable bonds is 6. The van der Waals surface area contributed by atoms with Crippen molar-refractivity contribution in [1.82, 2.24) is 5.32 Å². The lowest BCUT2D eigenvalue weighted by Gasteiger charge is -2.30. The molecule has 0 aromatic heterocycles. The van der Waals surface area contributed by atoms with Gasteiger partial charge in [-0.15, -0.1) is 0 Å². The Morgan fingerprint density at radius 3 is 2.25 bits per heavy atom. The lowest BCUT2D eigenvalue weighted by Crippen LogP contribution is -2.39. The second kappa shape index (κ2) is 6.04. The fourth-order valence-electron chi connectivity index (χ4n) is 2.12. The summed E-state index contributed by atoms with van der Waals surface area (Å²) in [6, 6.07) is 7.79. The van der Waals surface area contributed by atoms with E-state index in [0.717, 1.165) is 12.1 Å². The predicted molar refractivity (Wildman–Crippen MR) is 74.8 cm³/mol. The van der Waals surface area contributed by atoms with E-state index < -0.39 is 12.7 Å². The number of nitrogens with zero attached hydrogens (tertiary/aromatic N) is 1. The van der Waals surface area contributed by atoms with Gasteiger partial charge in [-0.1, -0.05) is 12.1 Å². The number of hydrogen-bond donors (Lipinski definition) is 1. The molecule has 0 atom stereocenters. The van der Waals surface area contributed by atoms with Crippen molar-refractivity contribution in [3.63, 3.8) is 0 Å². The Kier molecular flexibility index (Phi) is 4.58. The van der Waals surface area contributed by atoms with E-state index in [9.17, 15) is 13.2 Å². The molecule has 1 aromatic carbocycles. The lowest BCUT2D eigenvalue weighted by molar-refractivity contribution is -0.120. The molecule has 1 aromatic rings. The molecule has 0 heterocycles. The van der Waals surface area contributed by atoms with Crippen molar-refractivity contribution in [2.24, 2.45) is 0 Å². The van der Waals surface area contributed by atoms with Crippen LogP contribution in [-0.2, 0) is 6.54 Å². The third kappa shape index (κ3) is 4.71. The Labute approximate surface area is 118 Å². The van der Waals surface area contributed by atoms with Crippen LogP contribution in [-0.4, -0.2) is 24.8 Å². The van der Waals surface area contributed by atoms with Crippen LogP contribution >= 0.6 is 0 Å². The topological polar surface area (TPSA) is 15.3 Å². The highest BCUT2D eigenvalue weighted by molar-refractivity contribution is 5.48. The fraction of sp³-hybridized carbons (Fsp3) is 0.600. The minimum absolute atomic E-state index is 0.188. The average Bonchev–Trinajstić information content (AvgIpc) is 3.17. The van der Waals surface area contributed by atoms with Crippen LogP contribution in [0, 0.1) is 0 Å². The summed E-state index contributed by atoms with van der Waals surface area (Å²) in [4.78, 5) is 1.37. The van der Waals surface area contributed by atoms with Gasteiger partial charge in [0.15, 0.2) is 0 Å². The van der Waals surface area contributed by atoms with Gasteiger partial charge in [0.2, 0.25) is 0 Å². The first kappa shape index (κ1) is 15.2. The number of anilines is 1. The van der Waals surface area contributed by atoms with Crippen LogP contribution in [0.3, 0.4) is 0 Å². The van der Waals surface area contributed by atoms with Gasteiger partial charge in [-0.25, -0.2) is 0 Å². The van der Waals surface area contributed by atoms with Gasteiger partial charge in [-0.2, -0.15) is 13.2 Å². The monoisotopic (exact) mass is 286 g/mol. The van der Waals surface area contributed by atoms with Gasteiger partial charge in [0, 0.05) is 24.3 Å². The van der Waals surface area contributed by atoms with Crippen molar-refractivity contribution in [2.45, 2.75) is 51.5 Å². The molecule has 0 spiro atoms. The minimum atomic E-state index is -4.18. The molecule has 0 unspecified atom stereocenters. The molecular formula is C15H21F3N2. The maximum atomic E-state index is 12.6. The first-order valence-corrected chi connectivity index (χ1v) is 7.01. The van der Waals surface area contributed by atoms with Crippen molar-refractivity contribution in [3.8, 4) is 0 Å². The van der Waals surface area contributed by atoms with Crippen LogP contribution in [0.25, 0.3) is 0 Å². The third-order valence-corrected chi connectivity index (χ3v) is 3.41. The van der Waals surface area contributed by atoms with Gasteiger partial charge in [-0.05, 0) is 44.4 Å². The van der Waals surface area contributed by atoms with E-state index in [-0.39, 0.29) is 6.04 Å². The third-order valence-electron chi connectivity index (χ3n) is 3.41. The van der Waals surface area contributed by atoms with E-state index >= 15 is 0 Å². The van der Waals surface area contributed by atoms with Crippen molar-refractivity contribution in [3.05, 3.63) is 29.8 Å². The highest BCUT2D eigenvalue weighted by Crippen LogP contribution is 2.25. The number of nitrogens with one attached hydrogen (secondary N) is 1. The molecule has 1 fully saturated rings. The summed E-state index contributed by atoms with van der Waals surface area (Å²) in [5.41, 5.74) is 1.73. The Morgan fingerprint density at radius 2 is 1.80 bits per heavy atom. The maximum absolute atomic E-state index is 12.6. The molecule has 0 aliphatic heterocycles. The minimum Gasteiger partial charge on any atom is -0.360 e. The van der Waals surface area contributed by atoms with Crippen LogP contribution < -0.4 is 10.2 Å². The molecule has 112 valence electrons. The van der Waals surface area contributed by atoms with E-state index in [1.165, 1.54) is 17.7 Å². The van der Waals surface area contributed by atoms with E-state index in [2.05, 4.69) is 5.32 Å². The zero-order chi connectivity index (χ0) is 14.8. The number of halogens is 3. The molecule has 0 amide bonds. The van der Waals surface area contributed by atoms with Crippen LogP contribution in [0.5, 0.6) is 0 Å². The second-order valence-corrected chi connectivity index (χ2v) is 5.66. The summed E-state index contributed by atoms with van der Waals surface area (Å²) in [7, 11) is 0. The quantitative estimate of drug-likeness (QED) is 0.857. The van der Waals surface area contributed by atoms with Gasteiger partial charge in [0.25, 0.3) is 0 Å². The van der Waals surface area contributed by atoms with Crippen molar-refractivity contribution in [1.29, 1.82) is 0 Å². The van der Waals surface area contributed by atoms with Crippen molar-refractivity contribution < 1.29 is 13.2 Å². The number of benzene rings is 1. The van der Waals surface area contributed by atoms with Crippen molar-refractivity contribution >= 4 is 5.69 Å². The SMILES string of the molecule is CC(C)N(CC(F)(F)F)c1ccc(CNC2CC2)cc1. The lowest BCUT2D eigenvalue weighted by atomic mass is 10.1. The molecule has 5 heteroatoms. The van der Waals surface area contributed by atoms with E-state index in [1.54, 1.807) is 26.0 Å². The molecule has 2 nitrogen and oxygen atoms in total. The van der Waals surface area contributed by atoms with Gasteiger partial charge in [0.05, 0.1) is 0 Å².